The number of nitrogens with zero attached hydrogens (tertiary/aromatic N) is 2. The lowest BCUT2D eigenvalue weighted by atomic mass is 9.94. The third-order valence-electron chi connectivity index (χ3n) is 6.07. The van der Waals surface area contributed by atoms with Gasteiger partial charge in [-0.2, -0.15) is 0 Å². The van der Waals surface area contributed by atoms with Crippen molar-refractivity contribution < 1.29 is 28.5 Å². The summed E-state index contributed by atoms with van der Waals surface area (Å²) in [5.74, 6) is 0.0802. The van der Waals surface area contributed by atoms with E-state index in [4.69, 9.17) is 18.9 Å². The zero-order chi connectivity index (χ0) is 21.8. The van der Waals surface area contributed by atoms with Crippen LogP contribution in [0.2, 0.25) is 0 Å². The maximum Gasteiger partial charge on any atom is 0.418 e. The van der Waals surface area contributed by atoms with Crippen molar-refractivity contribution >= 4 is 23.1 Å². The van der Waals surface area contributed by atoms with Gasteiger partial charge in [-0.1, -0.05) is 24.8 Å². The van der Waals surface area contributed by atoms with E-state index >= 15 is 0 Å². The summed E-state index contributed by atoms with van der Waals surface area (Å²) in [5.41, 5.74) is 2.77. The highest BCUT2D eigenvalue weighted by atomic mass is 16.7. The summed E-state index contributed by atoms with van der Waals surface area (Å²) in [7, 11) is 1.39. The van der Waals surface area contributed by atoms with Gasteiger partial charge < -0.3 is 23.8 Å². The number of amides is 1. The predicted molar refractivity (Wildman–Crippen MR) is 114 cm³/mol. The van der Waals surface area contributed by atoms with E-state index in [9.17, 15) is 9.59 Å². The van der Waals surface area contributed by atoms with Crippen LogP contribution >= 0.6 is 0 Å². The number of ether oxygens (including phenoxy) is 4. The largest absolute Gasteiger partial charge is 0.452 e. The summed E-state index contributed by atoms with van der Waals surface area (Å²) < 4.78 is 23.4. The Morgan fingerprint density at radius 3 is 2.61 bits per heavy atom. The molecule has 0 bridgehead atoms. The van der Waals surface area contributed by atoms with Gasteiger partial charge in [0.2, 0.25) is 0 Å². The lowest BCUT2D eigenvalue weighted by Gasteiger charge is -2.28. The molecule has 1 unspecified atom stereocenters. The van der Waals surface area contributed by atoms with Crippen molar-refractivity contribution in [3.05, 3.63) is 48.4 Å². The van der Waals surface area contributed by atoms with Crippen molar-refractivity contribution in [2.75, 3.05) is 33.4 Å². The third kappa shape index (κ3) is 4.31. The van der Waals surface area contributed by atoms with Crippen LogP contribution in [-0.2, 0) is 31.8 Å². The van der Waals surface area contributed by atoms with Gasteiger partial charge in [0.1, 0.15) is 0 Å². The Kier molecular flexibility index (Phi) is 6.58. The topological polar surface area (TPSA) is 79.2 Å². The van der Waals surface area contributed by atoms with Crippen molar-refractivity contribution in [2.24, 2.45) is 5.92 Å². The molecular weight excluding hydrogens is 400 g/mol. The first-order valence-electron chi connectivity index (χ1n) is 10.6. The first-order valence-corrected chi connectivity index (χ1v) is 10.6. The molecule has 0 radical (unpaired) electrons. The molecule has 1 fully saturated rings. The molecule has 2 aliphatic heterocycles. The molecule has 31 heavy (non-hydrogen) atoms. The number of aromatic nitrogens is 1. The van der Waals surface area contributed by atoms with Gasteiger partial charge in [0.25, 0.3) is 0 Å². The number of carbonyl (C=O) groups excluding carboxylic acids is 2. The van der Waals surface area contributed by atoms with Gasteiger partial charge >= 0.3 is 12.2 Å². The molecule has 1 aromatic heterocycles. The van der Waals surface area contributed by atoms with E-state index in [0.717, 1.165) is 34.8 Å². The number of carbonyl (C=O) groups is 2. The van der Waals surface area contributed by atoms with E-state index in [1.807, 2.05) is 24.3 Å². The zero-order valence-corrected chi connectivity index (χ0v) is 17.7. The van der Waals surface area contributed by atoms with Gasteiger partial charge in [-0.25, -0.2) is 14.2 Å². The second kappa shape index (κ2) is 9.53. The van der Waals surface area contributed by atoms with Crippen LogP contribution in [0.25, 0.3) is 10.9 Å². The Balaban J connectivity index is 1.76. The molecule has 8 heteroatoms. The van der Waals surface area contributed by atoms with Crippen LogP contribution in [0.15, 0.2) is 37.1 Å². The van der Waals surface area contributed by atoms with Gasteiger partial charge in [-0.05, 0) is 37.3 Å². The van der Waals surface area contributed by atoms with Gasteiger partial charge in [0, 0.05) is 30.1 Å². The van der Waals surface area contributed by atoms with Crippen LogP contribution in [0.1, 0.15) is 24.1 Å². The fourth-order valence-corrected chi connectivity index (χ4v) is 4.60. The van der Waals surface area contributed by atoms with Crippen molar-refractivity contribution in [1.29, 1.82) is 0 Å². The lowest BCUT2D eigenvalue weighted by molar-refractivity contribution is -0.0888. The Hall–Kier alpha value is -2.84. The molecule has 3 heterocycles. The van der Waals surface area contributed by atoms with Gasteiger partial charge in [-0.3, -0.25) is 0 Å². The van der Waals surface area contributed by atoms with Crippen LogP contribution in [0, 0.1) is 5.92 Å². The summed E-state index contributed by atoms with van der Waals surface area (Å²) in [5, 5.41) is 0.991. The van der Waals surface area contributed by atoms with E-state index < -0.39 is 12.2 Å². The molecule has 4 rings (SSSR count). The SMILES string of the molecule is C=COC(=O)N1CCc2c(n(C(=O)OC)c3ccccc23)CCC(C2OCCO2)CC1. The summed E-state index contributed by atoms with van der Waals surface area (Å²) in [6, 6.07) is 7.79. The van der Waals surface area contributed by atoms with Gasteiger partial charge in [0.15, 0.2) is 6.29 Å². The minimum atomic E-state index is -0.430. The average Bonchev–Trinajstić information content (AvgIpc) is 3.42. The molecule has 1 saturated heterocycles. The predicted octanol–water partition coefficient (Wildman–Crippen LogP) is 3.71. The fraction of sp³-hybridized carbons (Fsp3) is 0.478. The molecule has 1 aromatic carbocycles. The highest BCUT2D eigenvalue weighted by Crippen LogP contribution is 2.32. The Labute approximate surface area is 181 Å². The van der Waals surface area contributed by atoms with E-state index in [-0.39, 0.29) is 12.2 Å². The summed E-state index contributed by atoms with van der Waals surface area (Å²) in [4.78, 5) is 26.9. The lowest BCUT2D eigenvalue weighted by Crippen LogP contribution is -2.37. The number of hydrogen-bond acceptors (Lipinski definition) is 6. The number of hydrogen-bond donors (Lipinski definition) is 0. The number of benzene rings is 1. The van der Waals surface area contributed by atoms with Crippen LogP contribution in [0.5, 0.6) is 0 Å². The molecule has 0 spiro atoms. The molecule has 0 N–H and O–H groups in total. The number of fused-ring (bicyclic) bond motifs is 3. The minimum absolute atomic E-state index is 0.0802. The van der Waals surface area contributed by atoms with E-state index in [2.05, 4.69) is 6.58 Å². The molecule has 2 aliphatic rings. The number of para-hydroxylation sites is 1. The standard InChI is InChI=1S/C23H28N2O6/c1-3-29-22(26)24-12-10-16(21-30-14-15-31-21)8-9-20-18(11-13-24)17-6-4-5-7-19(17)25(20)23(27)28-2/h3-7,16,21H,1,8-15H2,2H3. The highest BCUT2D eigenvalue weighted by Gasteiger charge is 2.31. The van der Waals surface area contributed by atoms with Crippen LogP contribution in [-0.4, -0.2) is 61.4 Å². The van der Waals surface area contributed by atoms with Gasteiger partial charge in [-0.15, -0.1) is 0 Å². The van der Waals surface area contributed by atoms with Crippen molar-refractivity contribution in [1.82, 2.24) is 9.47 Å². The molecule has 1 atom stereocenters. The Morgan fingerprint density at radius 2 is 1.87 bits per heavy atom. The molecule has 0 saturated carbocycles. The third-order valence-corrected chi connectivity index (χ3v) is 6.07. The minimum Gasteiger partial charge on any atom is -0.452 e. The van der Waals surface area contributed by atoms with E-state index in [1.165, 1.54) is 7.11 Å². The second-order valence-electron chi connectivity index (χ2n) is 7.73. The molecular formula is C23H28N2O6. The molecule has 2 aromatic rings. The van der Waals surface area contributed by atoms with Crippen molar-refractivity contribution in [3.8, 4) is 0 Å². The van der Waals surface area contributed by atoms with Crippen molar-refractivity contribution in [3.63, 3.8) is 0 Å². The Morgan fingerprint density at radius 1 is 1.10 bits per heavy atom. The molecule has 166 valence electrons. The first kappa shape index (κ1) is 21.4. The number of methoxy groups -OCH3 is 1. The molecule has 1 amide bonds. The maximum absolute atomic E-state index is 12.7. The fourth-order valence-electron chi connectivity index (χ4n) is 4.60. The normalized spacial score (nSPS) is 20.3. The van der Waals surface area contributed by atoms with Gasteiger partial charge in [0.05, 0.1) is 32.1 Å². The quantitative estimate of drug-likeness (QED) is 0.679. The summed E-state index contributed by atoms with van der Waals surface area (Å²) >= 11 is 0. The van der Waals surface area contributed by atoms with Crippen molar-refractivity contribution in [2.45, 2.75) is 32.0 Å². The monoisotopic (exact) mass is 428 g/mol. The number of rotatable bonds is 2. The second-order valence-corrected chi connectivity index (χ2v) is 7.73. The van der Waals surface area contributed by atoms with Crippen LogP contribution in [0.3, 0.4) is 0 Å². The summed E-state index contributed by atoms with van der Waals surface area (Å²) in [6.07, 6.45) is 2.76. The average molecular weight is 428 g/mol. The smallest absolute Gasteiger partial charge is 0.418 e. The van der Waals surface area contributed by atoms with E-state index in [0.29, 0.717) is 45.6 Å². The van der Waals surface area contributed by atoms with Crippen LogP contribution < -0.4 is 0 Å². The first-order chi connectivity index (χ1) is 15.1. The van der Waals surface area contributed by atoms with E-state index in [1.54, 1.807) is 9.47 Å². The molecule has 8 nitrogen and oxygen atoms in total. The van der Waals surface area contributed by atoms with Crippen LogP contribution in [0.4, 0.5) is 9.59 Å². The molecule has 0 aliphatic carbocycles. The zero-order valence-electron chi connectivity index (χ0n) is 17.7. The highest BCUT2D eigenvalue weighted by molar-refractivity contribution is 5.93. The Bertz CT molecular complexity index is 962. The summed E-state index contributed by atoms with van der Waals surface area (Å²) in [6.45, 7) is 5.63. The maximum atomic E-state index is 12.7.